The minimum absolute atomic E-state index is 0.0392. The van der Waals surface area contributed by atoms with Crippen LogP contribution in [-0.4, -0.2) is 66.4 Å². The van der Waals surface area contributed by atoms with Crippen molar-refractivity contribution in [2.75, 3.05) is 45.3 Å². The summed E-state index contributed by atoms with van der Waals surface area (Å²) in [6.07, 6.45) is 1.83. The first-order valence-corrected chi connectivity index (χ1v) is 6.28. The SMILES string of the molecule is COc1nc(N2CCN(C)C(CCO)C2)ncc1F. The fourth-order valence-corrected chi connectivity index (χ4v) is 2.23. The molecule has 1 fully saturated rings. The van der Waals surface area contributed by atoms with Crippen molar-refractivity contribution in [3.8, 4) is 5.88 Å². The van der Waals surface area contributed by atoms with E-state index >= 15 is 0 Å². The highest BCUT2D eigenvalue weighted by Gasteiger charge is 2.26. The Labute approximate surface area is 111 Å². The van der Waals surface area contributed by atoms with Gasteiger partial charge in [0.25, 0.3) is 5.88 Å². The van der Waals surface area contributed by atoms with Crippen LogP contribution < -0.4 is 9.64 Å². The monoisotopic (exact) mass is 270 g/mol. The van der Waals surface area contributed by atoms with Crippen LogP contribution in [0.5, 0.6) is 5.88 Å². The normalized spacial score (nSPS) is 20.6. The zero-order chi connectivity index (χ0) is 13.8. The summed E-state index contributed by atoms with van der Waals surface area (Å²) in [6, 6.07) is 0.249. The lowest BCUT2D eigenvalue weighted by molar-refractivity contribution is 0.170. The van der Waals surface area contributed by atoms with Crippen molar-refractivity contribution < 1.29 is 14.2 Å². The number of hydrogen-bond acceptors (Lipinski definition) is 6. The first-order chi connectivity index (χ1) is 9.15. The molecule has 1 atom stereocenters. The van der Waals surface area contributed by atoms with Gasteiger partial charge < -0.3 is 14.7 Å². The molecule has 7 heteroatoms. The van der Waals surface area contributed by atoms with E-state index < -0.39 is 5.82 Å². The van der Waals surface area contributed by atoms with E-state index in [0.717, 1.165) is 19.3 Å². The second kappa shape index (κ2) is 6.12. The van der Waals surface area contributed by atoms with E-state index in [9.17, 15) is 4.39 Å². The van der Waals surface area contributed by atoms with Gasteiger partial charge in [-0.25, -0.2) is 4.98 Å². The Balaban J connectivity index is 2.13. The van der Waals surface area contributed by atoms with Crippen LogP contribution in [-0.2, 0) is 0 Å². The number of rotatable bonds is 4. The van der Waals surface area contributed by atoms with Crippen molar-refractivity contribution in [3.63, 3.8) is 0 Å². The van der Waals surface area contributed by atoms with E-state index in [2.05, 4.69) is 14.9 Å². The third-order valence-electron chi connectivity index (χ3n) is 3.41. The van der Waals surface area contributed by atoms with Gasteiger partial charge in [-0.3, -0.25) is 4.90 Å². The largest absolute Gasteiger partial charge is 0.479 e. The van der Waals surface area contributed by atoms with Gasteiger partial charge in [0, 0.05) is 32.3 Å². The third kappa shape index (κ3) is 3.10. The Hall–Kier alpha value is -1.47. The van der Waals surface area contributed by atoms with Crippen molar-refractivity contribution in [2.24, 2.45) is 0 Å². The van der Waals surface area contributed by atoms with Crippen LogP contribution in [0.25, 0.3) is 0 Å². The summed E-state index contributed by atoms with van der Waals surface area (Å²) in [6.45, 7) is 2.49. The maximum Gasteiger partial charge on any atom is 0.255 e. The molecular formula is C12H19FN4O2. The maximum absolute atomic E-state index is 13.3. The van der Waals surface area contributed by atoms with E-state index in [0.29, 0.717) is 18.9 Å². The van der Waals surface area contributed by atoms with E-state index in [1.165, 1.54) is 7.11 Å². The minimum atomic E-state index is -0.563. The summed E-state index contributed by atoms with van der Waals surface area (Å²) in [5, 5.41) is 9.07. The number of hydrogen-bond donors (Lipinski definition) is 1. The van der Waals surface area contributed by atoms with Crippen LogP contribution in [0.15, 0.2) is 6.20 Å². The highest BCUT2D eigenvalue weighted by molar-refractivity contribution is 5.33. The molecule has 6 nitrogen and oxygen atoms in total. The van der Waals surface area contributed by atoms with Crippen LogP contribution >= 0.6 is 0 Å². The molecule has 1 saturated heterocycles. The number of aliphatic hydroxyl groups is 1. The second-order valence-corrected chi connectivity index (χ2v) is 4.62. The summed E-state index contributed by atoms with van der Waals surface area (Å²) in [5.41, 5.74) is 0. The van der Waals surface area contributed by atoms with Crippen molar-refractivity contribution in [1.82, 2.24) is 14.9 Å². The van der Waals surface area contributed by atoms with Gasteiger partial charge in [-0.05, 0) is 13.5 Å². The van der Waals surface area contributed by atoms with Crippen molar-refractivity contribution >= 4 is 5.95 Å². The van der Waals surface area contributed by atoms with E-state index in [4.69, 9.17) is 9.84 Å². The van der Waals surface area contributed by atoms with Gasteiger partial charge in [0.05, 0.1) is 13.3 Å². The van der Waals surface area contributed by atoms with Gasteiger partial charge in [0.15, 0.2) is 0 Å². The predicted octanol–water partition coefficient (Wildman–Crippen LogP) is 0.127. The summed E-state index contributed by atoms with van der Waals surface area (Å²) in [4.78, 5) is 12.3. The molecular weight excluding hydrogens is 251 g/mol. The molecule has 0 aromatic carbocycles. The van der Waals surface area contributed by atoms with E-state index in [1.807, 2.05) is 11.9 Å². The smallest absolute Gasteiger partial charge is 0.255 e. The van der Waals surface area contributed by atoms with Crippen molar-refractivity contribution in [3.05, 3.63) is 12.0 Å². The molecule has 1 unspecified atom stereocenters. The van der Waals surface area contributed by atoms with Crippen LogP contribution in [0.3, 0.4) is 0 Å². The van der Waals surface area contributed by atoms with Crippen molar-refractivity contribution in [2.45, 2.75) is 12.5 Å². The molecule has 0 bridgehead atoms. The zero-order valence-electron chi connectivity index (χ0n) is 11.2. The summed E-state index contributed by atoms with van der Waals surface area (Å²) >= 11 is 0. The van der Waals surface area contributed by atoms with Crippen LogP contribution in [0, 0.1) is 5.82 Å². The van der Waals surface area contributed by atoms with Gasteiger partial charge in [-0.2, -0.15) is 9.37 Å². The van der Waals surface area contributed by atoms with Gasteiger partial charge in [0.2, 0.25) is 11.8 Å². The van der Waals surface area contributed by atoms with Gasteiger partial charge in [-0.15, -0.1) is 0 Å². The Morgan fingerprint density at radius 3 is 3.00 bits per heavy atom. The Bertz CT molecular complexity index is 432. The summed E-state index contributed by atoms with van der Waals surface area (Å²) in [7, 11) is 3.41. The van der Waals surface area contributed by atoms with Crippen molar-refractivity contribution in [1.29, 1.82) is 0 Å². The average molecular weight is 270 g/mol. The fourth-order valence-electron chi connectivity index (χ4n) is 2.23. The molecule has 1 aromatic rings. The number of piperazine rings is 1. The molecule has 0 radical (unpaired) electrons. The number of halogens is 1. The Kier molecular flexibility index (Phi) is 4.49. The molecule has 0 aliphatic carbocycles. The molecule has 0 spiro atoms. The van der Waals surface area contributed by atoms with E-state index in [-0.39, 0.29) is 18.5 Å². The molecule has 1 aliphatic heterocycles. The molecule has 2 heterocycles. The van der Waals surface area contributed by atoms with Gasteiger partial charge >= 0.3 is 0 Å². The molecule has 0 saturated carbocycles. The molecule has 1 aromatic heterocycles. The molecule has 0 amide bonds. The number of methoxy groups -OCH3 is 1. The molecule has 2 rings (SSSR count). The number of nitrogens with zero attached hydrogens (tertiary/aromatic N) is 4. The first kappa shape index (κ1) is 14.0. The molecule has 1 N–H and O–H groups in total. The van der Waals surface area contributed by atoms with Crippen LogP contribution in [0.4, 0.5) is 10.3 Å². The Morgan fingerprint density at radius 2 is 2.32 bits per heavy atom. The zero-order valence-corrected chi connectivity index (χ0v) is 11.2. The van der Waals surface area contributed by atoms with E-state index in [1.54, 1.807) is 0 Å². The predicted molar refractivity (Wildman–Crippen MR) is 68.9 cm³/mol. The van der Waals surface area contributed by atoms with Gasteiger partial charge in [0.1, 0.15) is 0 Å². The lowest BCUT2D eigenvalue weighted by Crippen LogP contribution is -2.52. The van der Waals surface area contributed by atoms with Crippen LogP contribution in [0.2, 0.25) is 0 Å². The number of anilines is 1. The number of likely N-dealkylation sites (N-methyl/N-ethyl adjacent to an activating group) is 1. The second-order valence-electron chi connectivity index (χ2n) is 4.62. The fraction of sp³-hybridized carbons (Fsp3) is 0.667. The topological polar surface area (TPSA) is 61.7 Å². The quantitative estimate of drug-likeness (QED) is 0.839. The Morgan fingerprint density at radius 1 is 1.53 bits per heavy atom. The summed E-state index contributed by atoms with van der Waals surface area (Å²) < 4.78 is 18.2. The summed E-state index contributed by atoms with van der Waals surface area (Å²) in [5.74, 6) is -0.135. The maximum atomic E-state index is 13.3. The highest BCUT2D eigenvalue weighted by atomic mass is 19.1. The number of aliphatic hydroxyl groups excluding tert-OH is 1. The van der Waals surface area contributed by atoms with Gasteiger partial charge in [-0.1, -0.05) is 0 Å². The number of aromatic nitrogens is 2. The first-order valence-electron chi connectivity index (χ1n) is 6.28. The molecule has 19 heavy (non-hydrogen) atoms. The number of ether oxygens (including phenoxy) is 1. The highest BCUT2D eigenvalue weighted by Crippen LogP contribution is 2.20. The third-order valence-corrected chi connectivity index (χ3v) is 3.41. The molecule has 1 aliphatic rings. The lowest BCUT2D eigenvalue weighted by atomic mass is 10.1. The standard InChI is InChI=1S/C12H19FN4O2/c1-16-4-5-17(8-9(16)3-6-18)12-14-7-10(13)11(15-12)19-2/h7,9,18H,3-6,8H2,1-2H3. The van der Waals surface area contributed by atoms with Crippen LogP contribution in [0.1, 0.15) is 6.42 Å². The lowest BCUT2D eigenvalue weighted by Gasteiger charge is -2.39. The molecule has 106 valence electrons. The average Bonchev–Trinajstić information content (AvgIpc) is 2.42. The minimum Gasteiger partial charge on any atom is -0.479 e.